The molecule has 28 heavy (non-hydrogen) atoms. The molecular formula is C20H27FN2O5. The Morgan fingerprint density at radius 2 is 1.64 bits per heavy atom. The van der Waals surface area contributed by atoms with E-state index in [4.69, 9.17) is 9.47 Å². The van der Waals surface area contributed by atoms with E-state index in [1.807, 2.05) is 30.3 Å². The summed E-state index contributed by atoms with van der Waals surface area (Å²) in [6.07, 6.45) is -1.16. The first-order chi connectivity index (χ1) is 13.1. The van der Waals surface area contributed by atoms with Crippen LogP contribution in [0.4, 0.5) is 14.0 Å². The molecule has 7 nitrogen and oxygen atoms in total. The lowest BCUT2D eigenvalue weighted by molar-refractivity contribution is -0.105. The number of rotatable bonds is 3. The molecule has 2 amide bonds. The third-order valence-corrected chi connectivity index (χ3v) is 5.24. The molecule has 1 aromatic rings. The molecule has 1 N–H and O–H groups in total. The molecule has 0 saturated carbocycles. The van der Waals surface area contributed by atoms with E-state index in [2.05, 4.69) is 0 Å². The minimum atomic E-state index is -1.99. The van der Waals surface area contributed by atoms with Crippen LogP contribution in [0.15, 0.2) is 30.3 Å². The van der Waals surface area contributed by atoms with Crippen LogP contribution in [0, 0.1) is 5.41 Å². The fraction of sp³-hybridized carbons (Fsp3) is 0.600. The van der Waals surface area contributed by atoms with Crippen LogP contribution in [0.5, 0.6) is 0 Å². The zero-order chi connectivity index (χ0) is 20.6. The minimum absolute atomic E-state index is 0.0803. The number of aliphatic hydroxyl groups is 1. The number of benzene rings is 1. The lowest BCUT2D eigenvalue weighted by Gasteiger charge is -2.52. The summed E-state index contributed by atoms with van der Waals surface area (Å²) in [5.41, 5.74) is -2.81. The van der Waals surface area contributed by atoms with Crippen molar-refractivity contribution >= 4 is 12.2 Å². The van der Waals surface area contributed by atoms with Gasteiger partial charge in [0, 0.05) is 19.6 Å². The van der Waals surface area contributed by atoms with Gasteiger partial charge in [0.15, 0.2) is 5.67 Å². The average molecular weight is 394 g/mol. The summed E-state index contributed by atoms with van der Waals surface area (Å²) in [5, 5.41) is 9.66. The number of likely N-dealkylation sites (tertiary alicyclic amines) is 2. The quantitative estimate of drug-likeness (QED) is 0.853. The highest BCUT2D eigenvalue weighted by molar-refractivity contribution is 5.71. The van der Waals surface area contributed by atoms with Crippen molar-refractivity contribution in [3.05, 3.63) is 35.9 Å². The van der Waals surface area contributed by atoms with Crippen LogP contribution in [0.2, 0.25) is 0 Å². The van der Waals surface area contributed by atoms with E-state index in [-0.39, 0.29) is 32.8 Å². The van der Waals surface area contributed by atoms with Crippen LogP contribution < -0.4 is 0 Å². The summed E-state index contributed by atoms with van der Waals surface area (Å²) in [7, 11) is 0. The van der Waals surface area contributed by atoms with Crippen molar-refractivity contribution in [2.75, 3.05) is 32.8 Å². The van der Waals surface area contributed by atoms with Gasteiger partial charge in [-0.1, -0.05) is 30.3 Å². The standard InChI is InChI=1S/C20H27FN2O5/c1-18(2,3)28-17(26)22-10-19(11-22)12-23(13-20(19,21)14-24)16(25)27-9-15-7-5-4-6-8-15/h4-8,24H,9-14H2,1-3H3/t20-/m0/s1. The molecule has 0 aliphatic carbocycles. The van der Waals surface area contributed by atoms with Crippen LogP contribution in [0.1, 0.15) is 26.3 Å². The van der Waals surface area contributed by atoms with Gasteiger partial charge in [-0.15, -0.1) is 0 Å². The van der Waals surface area contributed by atoms with Gasteiger partial charge in [-0.2, -0.15) is 0 Å². The Hall–Kier alpha value is -2.35. The van der Waals surface area contributed by atoms with Gasteiger partial charge < -0.3 is 24.4 Å². The van der Waals surface area contributed by atoms with E-state index in [9.17, 15) is 14.7 Å². The van der Waals surface area contributed by atoms with E-state index < -0.39 is 35.5 Å². The summed E-state index contributed by atoms with van der Waals surface area (Å²) in [4.78, 5) is 27.2. The number of amides is 2. The van der Waals surface area contributed by atoms with Crippen LogP contribution in [0.3, 0.4) is 0 Å². The predicted molar refractivity (Wildman–Crippen MR) is 99.4 cm³/mol. The van der Waals surface area contributed by atoms with Gasteiger partial charge in [-0.3, -0.25) is 0 Å². The lowest BCUT2D eigenvalue weighted by Crippen LogP contribution is -2.68. The summed E-state index contributed by atoms with van der Waals surface area (Å²) >= 11 is 0. The summed E-state index contributed by atoms with van der Waals surface area (Å²) in [5.74, 6) is 0. The van der Waals surface area contributed by atoms with Crippen molar-refractivity contribution in [1.82, 2.24) is 9.80 Å². The Kier molecular flexibility index (Phi) is 5.27. The van der Waals surface area contributed by atoms with Crippen LogP contribution in [-0.2, 0) is 16.1 Å². The molecule has 1 spiro atoms. The summed E-state index contributed by atoms with van der Waals surface area (Å²) in [6.45, 7) is 4.62. The maximum absolute atomic E-state index is 15.4. The van der Waals surface area contributed by atoms with Gasteiger partial charge in [-0.05, 0) is 26.3 Å². The van der Waals surface area contributed by atoms with Crippen LogP contribution >= 0.6 is 0 Å². The number of nitrogens with zero attached hydrogens (tertiary/aromatic N) is 2. The van der Waals surface area contributed by atoms with Gasteiger partial charge in [0.25, 0.3) is 0 Å². The maximum Gasteiger partial charge on any atom is 0.410 e. The Labute approximate surface area is 164 Å². The Morgan fingerprint density at radius 3 is 2.18 bits per heavy atom. The number of halogens is 1. The maximum atomic E-state index is 15.4. The van der Waals surface area contributed by atoms with Gasteiger partial charge in [0.2, 0.25) is 0 Å². The molecule has 2 aliphatic rings. The molecule has 0 bridgehead atoms. The van der Waals surface area contributed by atoms with Gasteiger partial charge in [-0.25, -0.2) is 14.0 Å². The topological polar surface area (TPSA) is 79.3 Å². The third kappa shape index (κ3) is 3.92. The molecule has 0 unspecified atom stereocenters. The molecule has 154 valence electrons. The molecule has 1 atom stereocenters. The van der Waals surface area contributed by atoms with Gasteiger partial charge >= 0.3 is 12.2 Å². The molecule has 1 aromatic carbocycles. The number of hydrogen-bond acceptors (Lipinski definition) is 5. The Bertz CT molecular complexity index is 730. The highest BCUT2D eigenvalue weighted by Crippen LogP contribution is 2.49. The summed E-state index contributed by atoms with van der Waals surface area (Å²) < 4.78 is 26.0. The molecule has 8 heteroatoms. The van der Waals surface area contributed by atoms with E-state index in [1.54, 1.807) is 20.8 Å². The molecule has 2 saturated heterocycles. The second kappa shape index (κ2) is 7.24. The number of carbonyl (C=O) groups is 2. The van der Waals surface area contributed by atoms with E-state index >= 15 is 4.39 Å². The van der Waals surface area contributed by atoms with E-state index in [1.165, 1.54) is 9.80 Å². The third-order valence-electron chi connectivity index (χ3n) is 5.24. The number of carbonyl (C=O) groups excluding carboxylic acids is 2. The van der Waals surface area contributed by atoms with Crippen LogP contribution in [-0.4, -0.2) is 71.1 Å². The van der Waals surface area contributed by atoms with Gasteiger partial charge in [0.1, 0.15) is 12.2 Å². The molecule has 2 heterocycles. The largest absolute Gasteiger partial charge is 0.445 e. The van der Waals surface area contributed by atoms with Crippen molar-refractivity contribution < 1.29 is 28.6 Å². The average Bonchev–Trinajstić information content (AvgIpc) is 2.92. The fourth-order valence-corrected chi connectivity index (χ4v) is 3.71. The summed E-state index contributed by atoms with van der Waals surface area (Å²) in [6, 6.07) is 9.20. The van der Waals surface area contributed by atoms with Crippen molar-refractivity contribution in [2.45, 2.75) is 38.6 Å². The number of hydrogen-bond donors (Lipinski definition) is 1. The normalized spacial score (nSPS) is 23.5. The second-order valence-corrected chi connectivity index (χ2v) is 8.64. The highest BCUT2D eigenvalue weighted by Gasteiger charge is 2.66. The minimum Gasteiger partial charge on any atom is -0.445 e. The molecule has 0 aromatic heterocycles. The monoisotopic (exact) mass is 394 g/mol. The highest BCUT2D eigenvalue weighted by atomic mass is 19.1. The first-order valence-corrected chi connectivity index (χ1v) is 9.31. The first-order valence-electron chi connectivity index (χ1n) is 9.31. The van der Waals surface area contributed by atoms with Crippen molar-refractivity contribution in [3.63, 3.8) is 0 Å². The molecule has 2 fully saturated rings. The Morgan fingerprint density at radius 1 is 1.07 bits per heavy atom. The van der Waals surface area contributed by atoms with Gasteiger partial charge in [0.05, 0.1) is 18.6 Å². The second-order valence-electron chi connectivity index (χ2n) is 8.64. The predicted octanol–water partition coefficient (Wildman–Crippen LogP) is 2.58. The van der Waals surface area contributed by atoms with E-state index in [0.29, 0.717) is 0 Å². The number of alkyl halides is 1. The molecule has 3 rings (SSSR count). The SMILES string of the molecule is CC(C)(C)OC(=O)N1CC2(CN(C(=O)OCc3ccccc3)C[C@]2(F)CO)C1. The first kappa shape index (κ1) is 20.4. The Balaban J connectivity index is 1.61. The van der Waals surface area contributed by atoms with Crippen molar-refractivity contribution in [1.29, 1.82) is 0 Å². The zero-order valence-corrected chi connectivity index (χ0v) is 16.5. The fourth-order valence-electron chi connectivity index (χ4n) is 3.71. The molecule has 0 radical (unpaired) electrons. The van der Waals surface area contributed by atoms with Crippen molar-refractivity contribution in [2.24, 2.45) is 5.41 Å². The lowest BCUT2D eigenvalue weighted by atomic mass is 9.70. The zero-order valence-electron chi connectivity index (χ0n) is 16.5. The van der Waals surface area contributed by atoms with E-state index in [0.717, 1.165) is 5.56 Å². The molecule has 2 aliphatic heterocycles. The number of aliphatic hydroxyl groups excluding tert-OH is 1. The van der Waals surface area contributed by atoms with Crippen molar-refractivity contribution in [3.8, 4) is 0 Å². The van der Waals surface area contributed by atoms with Crippen LogP contribution in [0.25, 0.3) is 0 Å². The number of ether oxygens (including phenoxy) is 2. The molecular weight excluding hydrogens is 367 g/mol. The smallest absolute Gasteiger partial charge is 0.410 e.